The molecule has 4 heterocycles. The van der Waals surface area contributed by atoms with Gasteiger partial charge in [0.25, 0.3) is 0 Å². The Morgan fingerprint density at radius 3 is 2.57 bits per heavy atom. The van der Waals surface area contributed by atoms with E-state index in [0.717, 1.165) is 18.9 Å². The van der Waals surface area contributed by atoms with E-state index in [4.69, 9.17) is 15.5 Å². The number of rotatable bonds is 5. The molecule has 4 N–H and O–H groups in total. The number of hydrogen-bond donors (Lipinski definition) is 3. The minimum atomic E-state index is -0.943. The molecule has 2 fully saturated rings. The van der Waals surface area contributed by atoms with Crippen molar-refractivity contribution in [2.24, 2.45) is 11.7 Å². The molecule has 4 aromatic rings. The third kappa shape index (κ3) is 3.44. The minimum Gasteiger partial charge on any atom is -0.421 e. The molecule has 0 spiro atoms. The van der Waals surface area contributed by atoms with Crippen molar-refractivity contribution in [2.45, 2.75) is 44.7 Å². The molecule has 35 heavy (non-hydrogen) atoms. The Hall–Kier alpha value is -3.60. The Morgan fingerprint density at radius 1 is 1.17 bits per heavy atom. The van der Waals surface area contributed by atoms with Gasteiger partial charge in [0.15, 0.2) is 17.4 Å². The fourth-order valence-electron chi connectivity index (χ4n) is 5.34. The number of benzene rings is 1. The maximum absolute atomic E-state index is 15.2. The van der Waals surface area contributed by atoms with Crippen LogP contribution in [0.2, 0.25) is 0 Å². The topological polar surface area (TPSA) is 118 Å². The summed E-state index contributed by atoms with van der Waals surface area (Å²) in [6, 6.07) is 1.50. The highest BCUT2D eigenvalue weighted by Crippen LogP contribution is 2.44. The summed E-state index contributed by atoms with van der Waals surface area (Å²) in [6.07, 6.45) is 4.91. The van der Waals surface area contributed by atoms with Gasteiger partial charge in [-0.15, -0.1) is 0 Å². The molecule has 3 atom stereocenters. The Bertz CT molecular complexity index is 1440. The number of nitrogens with zero attached hydrogens (tertiary/aromatic N) is 5. The van der Waals surface area contributed by atoms with Gasteiger partial charge in [0.05, 0.1) is 34.4 Å². The lowest BCUT2D eigenvalue weighted by Crippen LogP contribution is -2.41. The van der Waals surface area contributed by atoms with Crippen LogP contribution in [0.25, 0.3) is 21.9 Å². The predicted molar refractivity (Wildman–Crippen MR) is 129 cm³/mol. The summed E-state index contributed by atoms with van der Waals surface area (Å²) >= 11 is 0. The third-order valence-corrected chi connectivity index (χ3v) is 7.09. The first-order chi connectivity index (χ1) is 16.8. The quantitative estimate of drug-likeness (QED) is 0.391. The van der Waals surface area contributed by atoms with Gasteiger partial charge in [-0.25, -0.2) is 18.7 Å². The van der Waals surface area contributed by atoms with Gasteiger partial charge in [-0.05, 0) is 18.8 Å². The van der Waals surface area contributed by atoms with E-state index < -0.39 is 11.6 Å². The van der Waals surface area contributed by atoms with Crippen molar-refractivity contribution in [3.63, 3.8) is 0 Å². The van der Waals surface area contributed by atoms with Gasteiger partial charge in [-0.1, -0.05) is 13.8 Å². The largest absolute Gasteiger partial charge is 0.421 e. The van der Waals surface area contributed by atoms with Crippen LogP contribution in [0.4, 0.5) is 20.3 Å². The first-order valence-corrected chi connectivity index (χ1v) is 11.7. The Labute approximate surface area is 200 Å². The van der Waals surface area contributed by atoms with E-state index in [1.165, 1.54) is 0 Å². The number of piperidine rings is 1. The van der Waals surface area contributed by atoms with Gasteiger partial charge < -0.3 is 25.7 Å². The van der Waals surface area contributed by atoms with Crippen LogP contribution in [0.3, 0.4) is 0 Å². The number of anilines is 2. The van der Waals surface area contributed by atoms with E-state index in [2.05, 4.69) is 30.2 Å². The third-order valence-electron chi connectivity index (χ3n) is 7.09. The van der Waals surface area contributed by atoms with Crippen LogP contribution in [0, 0.1) is 17.6 Å². The lowest BCUT2D eigenvalue weighted by Gasteiger charge is -2.31. The highest BCUT2D eigenvalue weighted by atomic mass is 19.2. The second-order valence-electron chi connectivity index (χ2n) is 9.63. The molecule has 6 rings (SSSR count). The number of aromatic amines is 1. The molecule has 2 bridgehead atoms. The first-order valence-electron chi connectivity index (χ1n) is 11.7. The standard InChI is InChI=1S/C24H26F2N8O/c1-10(2)21-29-7-13(8-30-21)35-24-32-22-18(17-19(26)14(25)6-16(28-3)20(17)31-22)23(33-24)34-9-11-4-12(34)5-15(11)27/h6-8,10-12,15,28H,4-5,9,27H2,1-3H3,(H,31,32,33)/t11-,12-,15-/m1/s1. The molecule has 182 valence electrons. The fraction of sp³-hybridized carbons (Fsp3) is 0.417. The second kappa shape index (κ2) is 7.98. The van der Waals surface area contributed by atoms with Crippen molar-refractivity contribution in [3.8, 4) is 11.8 Å². The molecule has 1 saturated carbocycles. The molecule has 0 radical (unpaired) electrons. The zero-order valence-electron chi connectivity index (χ0n) is 19.6. The number of fused-ring (bicyclic) bond motifs is 5. The first kappa shape index (κ1) is 21.9. The molecule has 0 unspecified atom stereocenters. The minimum absolute atomic E-state index is 0.0684. The van der Waals surface area contributed by atoms with Crippen LogP contribution in [-0.4, -0.2) is 50.6 Å². The van der Waals surface area contributed by atoms with Crippen molar-refractivity contribution >= 4 is 33.4 Å². The molecule has 11 heteroatoms. The zero-order chi connectivity index (χ0) is 24.4. The summed E-state index contributed by atoms with van der Waals surface area (Å²) in [7, 11) is 1.65. The molecule has 1 aliphatic heterocycles. The molecule has 9 nitrogen and oxygen atoms in total. The van der Waals surface area contributed by atoms with E-state index in [9.17, 15) is 4.39 Å². The van der Waals surface area contributed by atoms with Crippen LogP contribution in [0.15, 0.2) is 18.5 Å². The Kier molecular flexibility index (Phi) is 4.99. The summed E-state index contributed by atoms with van der Waals surface area (Å²) in [5, 5.41) is 3.46. The number of ether oxygens (including phenoxy) is 1. The van der Waals surface area contributed by atoms with Gasteiger partial charge >= 0.3 is 6.01 Å². The van der Waals surface area contributed by atoms with Crippen LogP contribution < -0.4 is 20.7 Å². The Morgan fingerprint density at radius 2 is 1.94 bits per heavy atom. The molecular weight excluding hydrogens is 454 g/mol. The van der Waals surface area contributed by atoms with Crippen molar-refractivity contribution in [1.29, 1.82) is 0 Å². The second-order valence-corrected chi connectivity index (χ2v) is 9.63. The molecule has 3 aromatic heterocycles. The van der Waals surface area contributed by atoms with Crippen LogP contribution in [0.1, 0.15) is 38.4 Å². The van der Waals surface area contributed by atoms with Gasteiger partial charge in [0, 0.05) is 37.7 Å². The number of halogens is 2. The van der Waals surface area contributed by atoms with Crippen molar-refractivity contribution < 1.29 is 13.5 Å². The summed E-state index contributed by atoms with van der Waals surface area (Å²) in [6.45, 7) is 4.70. The summed E-state index contributed by atoms with van der Waals surface area (Å²) in [5.41, 5.74) is 7.46. The lowest BCUT2D eigenvalue weighted by atomic mass is 10.0. The SMILES string of the molecule is CNc1cc(F)c(F)c2c1[nH]c1nc(Oc3cnc(C(C)C)nc3)nc(N3C[C@H]4C[C@@H]3C[C@H]4N)c12. The highest BCUT2D eigenvalue weighted by Gasteiger charge is 2.44. The van der Waals surface area contributed by atoms with Gasteiger partial charge in [0.2, 0.25) is 0 Å². The van der Waals surface area contributed by atoms with Gasteiger partial charge in [0.1, 0.15) is 17.3 Å². The predicted octanol–water partition coefficient (Wildman–Crippen LogP) is 4.06. The smallest absolute Gasteiger partial charge is 0.326 e. The summed E-state index contributed by atoms with van der Waals surface area (Å²) in [5.74, 6) is 0.209. The van der Waals surface area contributed by atoms with E-state index in [1.807, 2.05) is 13.8 Å². The number of nitrogens with two attached hydrogens (primary N) is 1. The van der Waals surface area contributed by atoms with Crippen LogP contribution in [0.5, 0.6) is 11.8 Å². The van der Waals surface area contributed by atoms with Crippen LogP contribution in [-0.2, 0) is 0 Å². The number of nitrogens with one attached hydrogen (secondary N) is 2. The van der Waals surface area contributed by atoms with Crippen molar-refractivity contribution in [3.05, 3.63) is 35.9 Å². The molecule has 1 aromatic carbocycles. The molecule has 2 aliphatic rings. The average molecular weight is 481 g/mol. The zero-order valence-corrected chi connectivity index (χ0v) is 19.6. The lowest BCUT2D eigenvalue weighted by molar-refractivity contribution is 0.435. The van der Waals surface area contributed by atoms with E-state index >= 15 is 4.39 Å². The van der Waals surface area contributed by atoms with E-state index in [1.54, 1.807) is 19.4 Å². The summed E-state index contributed by atoms with van der Waals surface area (Å²) in [4.78, 5) is 23.1. The maximum Gasteiger partial charge on any atom is 0.326 e. The van der Waals surface area contributed by atoms with Gasteiger partial charge in [-0.3, -0.25) is 0 Å². The monoisotopic (exact) mass is 480 g/mol. The molecular formula is C24H26F2N8O. The molecule has 0 amide bonds. The average Bonchev–Trinajstić information content (AvgIpc) is 3.53. The number of H-pyrrole nitrogens is 1. The molecule has 1 aliphatic carbocycles. The Balaban J connectivity index is 1.53. The fourth-order valence-corrected chi connectivity index (χ4v) is 5.34. The highest BCUT2D eigenvalue weighted by molar-refractivity contribution is 6.15. The van der Waals surface area contributed by atoms with Gasteiger partial charge in [-0.2, -0.15) is 9.97 Å². The number of hydrogen-bond acceptors (Lipinski definition) is 8. The van der Waals surface area contributed by atoms with E-state index in [-0.39, 0.29) is 29.4 Å². The van der Waals surface area contributed by atoms with Crippen LogP contribution >= 0.6 is 0 Å². The van der Waals surface area contributed by atoms with E-state index in [0.29, 0.717) is 52.1 Å². The van der Waals surface area contributed by atoms with Crippen molar-refractivity contribution in [1.82, 2.24) is 24.9 Å². The molecule has 1 saturated heterocycles. The maximum atomic E-state index is 15.2. The summed E-state index contributed by atoms with van der Waals surface area (Å²) < 4.78 is 35.6. The number of aromatic nitrogens is 5. The normalized spacial score (nSPS) is 21.6. The van der Waals surface area contributed by atoms with Crippen molar-refractivity contribution in [2.75, 3.05) is 23.8 Å².